The smallest absolute Gasteiger partial charge is 0.259 e. The first-order chi connectivity index (χ1) is 8.15. The van der Waals surface area contributed by atoms with E-state index in [2.05, 4.69) is 4.98 Å². The van der Waals surface area contributed by atoms with Crippen LogP contribution >= 0.6 is 0 Å². The van der Waals surface area contributed by atoms with Crippen molar-refractivity contribution in [3.63, 3.8) is 0 Å². The third-order valence-corrected chi connectivity index (χ3v) is 3.17. The molecule has 0 radical (unpaired) electrons. The summed E-state index contributed by atoms with van der Waals surface area (Å²) in [5, 5.41) is 9.58. The van der Waals surface area contributed by atoms with E-state index < -0.39 is 6.10 Å². The summed E-state index contributed by atoms with van der Waals surface area (Å²) < 4.78 is 5.50. The highest BCUT2D eigenvalue weighted by atomic mass is 16.5. The Hall–Kier alpha value is -1.82. The van der Waals surface area contributed by atoms with Crippen molar-refractivity contribution in [1.82, 2.24) is 9.88 Å². The number of amides is 1. The minimum Gasteiger partial charge on any atom is -0.475 e. The van der Waals surface area contributed by atoms with Crippen LogP contribution in [0.4, 0.5) is 5.69 Å². The standard InChI is InChI=1S/C11H13N3O3/c12-6-1-9-10(13-3-6)17-5-7-2-8(15)4-14(7)11(9)16/h1,3,7-8,15H,2,4-5,12H2/t7-,8+/m0/s1. The summed E-state index contributed by atoms with van der Waals surface area (Å²) in [6.07, 6.45) is 1.55. The van der Waals surface area contributed by atoms with Crippen LogP contribution in [0.5, 0.6) is 5.88 Å². The van der Waals surface area contributed by atoms with Gasteiger partial charge in [-0.25, -0.2) is 4.98 Å². The van der Waals surface area contributed by atoms with Crippen LogP contribution in [-0.4, -0.2) is 46.2 Å². The predicted molar refractivity (Wildman–Crippen MR) is 59.6 cm³/mol. The Morgan fingerprint density at radius 1 is 1.59 bits per heavy atom. The third-order valence-electron chi connectivity index (χ3n) is 3.17. The number of aliphatic hydroxyl groups is 1. The number of anilines is 1. The Balaban J connectivity index is 2.02. The molecule has 3 N–H and O–H groups in total. The zero-order valence-electron chi connectivity index (χ0n) is 9.17. The van der Waals surface area contributed by atoms with Crippen LogP contribution in [0.15, 0.2) is 12.3 Å². The molecule has 3 rings (SSSR count). The van der Waals surface area contributed by atoms with Crippen molar-refractivity contribution < 1.29 is 14.6 Å². The lowest BCUT2D eigenvalue weighted by Gasteiger charge is -2.19. The van der Waals surface area contributed by atoms with E-state index in [1.54, 1.807) is 11.0 Å². The summed E-state index contributed by atoms with van der Waals surface area (Å²) in [6, 6.07) is 1.49. The number of pyridine rings is 1. The van der Waals surface area contributed by atoms with Crippen molar-refractivity contribution in [2.24, 2.45) is 0 Å². The van der Waals surface area contributed by atoms with Gasteiger partial charge in [0.1, 0.15) is 12.2 Å². The molecule has 1 aromatic rings. The van der Waals surface area contributed by atoms with Gasteiger partial charge in [-0.15, -0.1) is 0 Å². The molecule has 2 aliphatic heterocycles. The summed E-state index contributed by atoms with van der Waals surface area (Å²) in [5.74, 6) is 0.159. The summed E-state index contributed by atoms with van der Waals surface area (Å²) in [4.78, 5) is 17.9. The molecule has 0 bridgehead atoms. The number of nitrogens with two attached hydrogens (primary N) is 1. The number of fused-ring (bicyclic) bond motifs is 2. The van der Waals surface area contributed by atoms with Gasteiger partial charge in [0.15, 0.2) is 0 Å². The van der Waals surface area contributed by atoms with Gasteiger partial charge in [0.05, 0.1) is 24.0 Å². The molecule has 1 fully saturated rings. The predicted octanol–water partition coefficient (Wildman–Crippen LogP) is -0.368. The highest BCUT2D eigenvalue weighted by Gasteiger charge is 2.38. The maximum atomic E-state index is 12.3. The minimum absolute atomic E-state index is 0.0760. The number of nitrogen functional groups attached to an aromatic ring is 1. The van der Waals surface area contributed by atoms with Crippen LogP contribution in [0.3, 0.4) is 0 Å². The first kappa shape index (κ1) is 10.3. The molecule has 1 saturated heterocycles. The highest BCUT2D eigenvalue weighted by Crippen LogP contribution is 2.29. The fourth-order valence-electron chi connectivity index (χ4n) is 2.37. The number of hydrogen-bond acceptors (Lipinski definition) is 5. The molecule has 6 heteroatoms. The average molecular weight is 235 g/mol. The van der Waals surface area contributed by atoms with Crippen LogP contribution in [0.25, 0.3) is 0 Å². The van der Waals surface area contributed by atoms with Crippen LogP contribution in [-0.2, 0) is 0 Å². The van der Waals surface area contributed by atoms with Crippen LogP contribution in [0.2, 0.25) is 0 Å². The monoisotopic (exact) mass is 235 g/mol. The van der Waals surface area contributed by atoms with E-state index in [0.717, 1.165) is 0 Å². The van der Waals surface area contributed by atoms with Crippen molar-refractivity contribution in [2.45, 2.75) is 18.6 Å². The number of aliphatic hydroxyl groups excluding tert-OH is 1. The lowest BCUT2D eigenvalue weighted by molar-refractivity contribution is 0.0710. The van der Waals surface area contributed by atoms with Gasteiger partial charge in [0, 0.05) is 6.54 Å². The molecule has 6 nitrogen and oxygen atoms in total. The molecule has 17 heavy (non-hydrogen) atoms. The van der Waals surface area contributed by atoms with E-state index in [0.29, 0.717) is 36.7 Å². The topological polar surface area (TPSA) is 88.7 Å². The fraction of sp³-hybridized carbons (Fsp3) is 0.455. The van der Waals surface area contributed by atoms with E-state index in [9.17, 15) is 9.90 Å². The van der Waals surface area contributed by atoms with Crippen molar-refractivity contribution in [2.75, 3.05) is 18.9 Å². The van der Waals surface area contributed by atoms with E-state index in [-0.39, 0.29) is 11.9 Å². The Labute approximate surface area is 98.0 Å². The van der Waals surface area contributed by atoms with Gasteiger partial charge in [-0.2, -0.15) is 0 Å². The van der Waals surface area contributed by atoms with E-state index >= 15 is 0 Å². The number of rotatable bonds is 0. The minimum atomic E-state index is -0.469. The molecule has 0 saturated carbocycles. The second-order valence-corrected chi connectivity index (χ2v) is 4.43. The number of aromatic nitrogens is 1. The Bertz CT molecular complexity index is 477. The molecule has 1 amide bonds. The number of hydrogen-bond donors (Lipinski definition) is 2. The van der Waals surface area contributed by atoms with Gasteiger partial charge in [-0.05, 0) is 12.5 Å². The molecule has 0 spiro atoms. The number of carbonyl (C=O) groups excluding carboxylic acids is 1. The summed E-state index contributed by atoms with van der Waals surface area (Å²) in [7, 11) is 0. The van der Waals surface area contributed by atoms with Crippen LogP contribution in [0, 0.1) is 0 Å². The van der Waals surface area contributed by atoms with E-state index in [1.165, 1.54) is 6.20 Å². The SMILES string of the molecule is Nc1cnc2c(c1)C(=O)N1C[C@H](O)C[C@H]1CO2. The molecule has 3 heterocycles. The van der Waals surface area contributed by atoms with Gasteiger partial charge in [-0.3, -0.25) is 4.79 Å². The first-order valence-electron chi connectivity index (χ1n) is 5.52. The zero-order chi connectivity index (χ0) is 12.0. The molecule has 0 aliphatic carbocycles. The molecule has 90 valence electrons. The molecular formula is C11H13N3O3. The second kappa shape index (κ2) is 3.59. The van der Waals surface area contributed by atoms with Gasteiger partial charge >= 0.3 is 0 Å². The maximum absolute atomic E-state index is 12.3. The quantitative estimate of drug-likeness (QED) is 0.640. The van der Waals surface area contributed by atoms with Gasteiger partial charge in [-0.1, -0.05) is 0 Å². The summed E-state index contributed by atoms with van der Waals surface area (Å²) in [6.45, 7) is 0.716. The lowest BCUT2D eigenvalue weighted by atomic mass is 10.2. The molecular weight excluding hydrogens is 222 g/mol. The number of nitrogens with zero attached hydrogens (tertiary/aromatic N) is 2. The first-order valence-corrected chi connectivity index (χ1v) is 5.52. The van der Waals surface area contributed by atoms with E-state index in [1.807, 2.05) is 0 Å². The maximum Gasteiger partial charge on any atom is 0.259 e. The highest BCUT2D eigenvalue weighted by molar-refractivity contribution is 5.97. The van der Waals surface area contributed by atoms with Gasteiger partial charge < -0.3 is 20.5 Å². The number of ether oxygens (including phenoxy) is 1. The Morgan fingerprint density at radius 2 is 2.41 bits per heavy atom. The van der Waals surface area contributed by atoms with Crippen molar-refractivity contribution in [1.29, 1.82) is 0 Å². The van der Waals surface area contributed by atoms with E-state index in [4.69, 9.17) is 10.5 Å². The van der Waals surface area contributed by atoms with Crippen molar-refractivity contribution in [3.8, 4) is 5.88 Å². The molecule has 2 aliphatic rings. The van der Waals surface area contributed by atoms with Gasteiger partial charge in [0.2, 0.25) is 5.88 Å². The zero-order valence-corrected chi connectivity index (χ0v) is 9.17. The molecule has 2 atom stereocenters. The fourth-order valence-corrected chi connectivity index (χ4v) is 2.37. The second-order valence-electron chi connectivity index (χ2n) is 4.43. The summed E-state index contributed by atoms with van der Waals surface area (Å²) in [5.41, 5.74) is 6.43. The van der Waals surface area contributed by atoms with Crippen LogP contribution < -0.4 is 10.5 Å². The molecule has 1 aromatic heterocycles. The molecule has 0 unspecified atom stereocenters. The lowest BCUT2D eigenvalue weighted by Crippen LogP contribution is -2.36. The third kappa shape index (κ3) is 1.61. The largest absolute Gasteiger partial charge is 0.475 e. The van der Waals surface area contributed by atoms with Crippen molar-refractivity contribution in [3.05, 3.63) is 17.8 Å². The number of carbonyl (C=O) groups is 1. The summed E-state index contributed by atoms with van der Waals surface area (Å²) >= 11 is 0. The normalized spacial score (nSPS) is 27.1. The van der Waals surface area contributed by atoms with Gasteiger partial charge in [0.25, 0.3) is 5.91 Å². The Morgan fingerprint density at radius 3 is 3.24 bits per heavy atom. The van der Waals surface area contributed by atoms with Crippen LogP contribution in [0.1, 0.15) is 16.8 Å². The average Bonchev–Trinajstić information content (AvgIpc) is 2.62. The Kier molecular flexibility index (Phi) is 2.19. The van der Waals surface area contributed by atoms with Crippen molar-refractivity contribution >= 4 is 11.6 Å². The molecule has 0 aromatic carbocycles.